The zero-order valence-corrected chi connectivity index (χ0v) is 17.2. The highest BCUT2D eigenvalue weighted by molar-refractivity contribution is 5.95. The van der Waals surface area contributed by atoms with Crippen LogP contribution < -0.4 is 5.73 Å². The number of nitrogens with two attached hydrogens (primary N) is 1. The highest BCUT2D eigenvalue weighted by Gasteiger charge is 2.19. The van der Waals surface area contributed by atoms with E-state index in [1.54, 1.807) is 6.92 Å². The number of fused-ring (bicyclic) bond motifs is 2. The molecule has 4 N–H and O–H groups in total. The van der Waals surface area contributed by atoms with E-state index < -0.39 is 0 Å². The molecule has 0 aliphatic carbocycles. The Hall–Kier alpha value is -3.39. The number of imidazole rings is 1. The van der Waals surface area contributed by atoms with Crippen LogP contribution in [-0.4, -0.2) is 61.8 Å². The molecule has 0 unspecified atom stereocenters. The van der Waals surface area contributed by atoms with Crippen LogP contribution >= 0.6 is 0 Å². The van der Waals surface area contributed by atoms with Gasteiger partial charge in [-0.2, -0.15) is 0 Å². The third kappa shape index (κ3) is 3.39. The van der Waals surface area contributed by atoms with Crippen LogP contribution in [0.25, 0.3) is 33.3 Å². The number of nitrogens with one attached hydrogen (secondary N) is 2. The molecule has 3 aromatic heterocycles. The predicted octanol–water partition coefficient (Wildman–Crippen LogP) is 2.66. The van der Waals surface area contributed by atoms with Crippen molar-refractivity contribution >= 4 is 33.8 Å². The van der Waals surface area contributed by atoms with Crippen LogP contribution in [0.15, 0.2) is 30.3 Å². The van der Waals surface area contributed by atoms with E-state index in [2.05, 4.69) is 49.1 Å². The number of piperazine rings is 1. The van der Waals surface area contributed by atoms with Crippen LogP contribution in [-0.2, 0) is 11.3 Å². The predicted molar refractivity (Wildman–Crippen MR) is 118 cm³/mol. The molecule has 1 saturated heterocycles. The van der Waals surface area contributed by atoms with Crippen molar-refractivity contribution in [3.63, 3.8) is 0 Å². The van der Waals surface area contributed by atoms with Gasteiger partial charge in [0.1, 0.15) is 17.2 Å². The van der Waals surface area contributed by atoms with Crippen LogP contribution in [0.1, 0.15) is 18.3 Å². The number of rotatable bonds is 3. The number of pyridine rings is 1. The lowest BCUT2D eigenvalue weighted by molar-refractivity contribution is -0.130. The molecule has 5 rings (SSSR count). The van der Waals surface area contributed by atoms with E-state index in [1.165, 1.54) is 5.56 Å². The standard InChI is InChI=1S/C22H25N7O/c1-13-24-21-17(11-20(23)27-22(21)25-13)19-10-16-9-15(3-4-18(16)26-19)12-28-5-7-29(8-6-28)14(2)30/h3-4,9-11,26H,5-8,12H2,1-2H3,(H3,23,24,25,27). The molecule has 4 heterocycles. The molecular formula is C22H25N7O. The van der Waals surface area contributed by atoms with Crippen molar-refractivity contribution in [2.24, 2.45) is 0 Å². The summed E-state index contributed by atoms with van der Waals surface area (Å²) in [4.78, 5) is 31.4. The summed E-state index contributed by atoms with van der Waals surface area (Å²) in [5.74, 6) is 1.44. The number of H-pyrrole nitrogens is 2. The molecule has 0 atom stereocenters. The average molecular weight is 403 g/mol. The normalized spacial score (nSPS) is 15.3. The quantitative estimate of drug-likeness (QED) is 0.488. The number of aromatic nitrogens is 4. The summed E-state index contributed by atoms with van der Waals surface area (Å²) in [5, 5.41) is 1.15. The Kier molecular flexibility index (Phi) is 4.43. The molecule has 1 aliphatic heterocycles. The van der Waals surface area contributed by atoms with Crippen LogP contribution in [0.4, 0.5) is 5.82 Å². The summed E-state index contributed by atoms with van der Waals surface area (Å²) in [6, 6.07) is 10.5. The minimum Gasteiger partial charge on any atom is -0.384 e. The number of hydrogen-bond donors (Lipinski definition) is 3. The molecule has 0 saturated carbocycles. The number of nitrogen functional groups attached to an aromatic ring is 1. The van der Waals surface area contributed by atoms with Gasteiger partial charge in [-0.1, -0.05) is 6.07 Å². The third-order valence-corrected chi connectivity index (χ3v) is 5.79. The first-order chi connectivity index (χ1) is 14.5. The summed E-state index contributed by atoms with van der Waals surface area (Å²) >= 11 is 0. The molecule has 0 radical (unpaired) electrons. The largest absolute Gasteiger partial charge is 0.384 e. The molecule has 4 aromatic rings. The number of anilines is 1. The molecule has 1 fully saturated rings. The van der Waals surface area contributed by atoms with Crippen LogP contribution in [0.3, 0.4) is 0 Å². The molecule has 1 aliphatic rings. The summed E-state index contributed by atoms with van der Waals surface area (Å²) in [6.07, 6.45) is 0. The zero-order valence-electron chi connectivity index (χ0n) is 17.2. The maximum atomic E-state index is 11.5. The second kappa shape index (κ2) is 7.14. The number of amides is 1. The lowest BCUT2D eigenvalue weighted by Crippen LogP contribution is -2.47. The van der Waals surface area contributed by atoms with Gasteiger partial charge >= 0.3 is 0 Å². The van der Waals surface area contributed by atoms with Crippen molar-refractivity contribution in [1.82, 2.24) is 29.7 Å². The Balaban J connectivity index is 1.42. The van der Waals surface area contributed by atoms with Crippen molar-refractivity contribution in [1.29, 1.82) is 0 Å². The Labute approximate surface area is 174 Å². The SMILES string of the molecule is CC(=O)N1CCN(Cc2ccc3[nH]c(-c4cc(N)nc5[nH]c(C)nc45)cc3c2)CC1. The second-order valence-electron chi connectivity index (χ2n) is 8.00. The summed E-state index contributed by atoms with van der Waals surface area (Å²) < 4.78 is 0. The van der Waals surface area contributed by atoms with Crippen LogP contribution in [0.2, 0.25) is 0 Å². The fourth-order valence-corrected chi connectivity index (χ4v) is 4.24. The van der Waals surface area contributed by atoms with Gasteiger partial charge in [-0.15, -0.1) is 0 Å². The first kappa shape index (κ1) is 18.6. The lowest BCUT2D eigenvalue weighted by atomic mass is 10.1. The van der Waals surface area contributed by atoms with E-state index in [9.17, 15) is 4.79 Å². The third-order valence-electron chi connectivity index (χ3n) is 5.79. The number of hydrogen-bond acceptors (Lipinski definition) is 5. The topological polar surface area (TPSA) is 107 Å². The molecule has 30 heavy (non-hydrogen) atoms. The summed E-state index contributed by atoms with van der Waals surface area (Å²) in [7, 11) is 0. The van der Waals surface area contributed by atoms with E-state index in [-0.39, 0.29) is 5.91 Å². The van der Waals surface area contributed by atoms with E-state index >= 15 is 0 Å². The highest BCUT2D eigenvalue weighted by atomic mass is 16.2. The number of nitrogens with zero attached hydrogens (tertiary/aromatic N) is 4. The molecular weight excluding hydrogens is 378 g/mol. The number of aromatic amines is 2. The number of carbonyl (C=O) groups excluding carboxylic acids is 1. The highest BCUT2D eigenvalue weighted by Crippen LogP contribution is 2.30. The minimum atomic E-state index is 0.161. The minimum absolute atomic E-state index is 0.161. The number of benzene rings is 1. The van der Waals surface area contributed by atoms with Gasteiger partial charge in [0, 0.05) is 61.8 Å². The molecule has 0 bridgehead atoms. The molecule has 0 spiro atoms. The van der Waals surface area contributed by atoms with Crippen molar-refractivity contribution in [3.8, 4) is 11.3 Å². The molecule has 1 amide bonds. The van der Waals surface area contributed by atoms with Gasteiger partial charge in [0.05, 0.1) is 0 Å². The summed E-state index contributed by atoms with van der Waals surface area (Å²) in [6.45, 7) is 7.85. The number of aryl methyl sites for hydroxylation is 1. The lowest BCUT2D eigenvalue weighted by Gasteiger charge is -2.34. The van der Waals surface area contributed by atoms with Gasteiger partial charge in [0.15, 0.2) is 5.65 Å². The monoisotopic (exact) mass is 403 g/mol. The first-order valence-electron chi connectivity index (χ1n) is 10.2. The van der Waals surface area contributed by atoms with Gasteiger partial charge in [0.2, 0.25) is 5.91 Å². The zero-order chi connectivity index (χ0) is 20.8. The van der Waals surface area contributed by atoms with E-state index in [4.69, 9.17) is 5.73 Å². The fourth-order valence-electron chi connectivity index (χ4n) is 4.24. The van der Waals surface area contributed by atoms with Crippen molar-refractivity contribution in [2.75, 3.05) is 31.9 Å². The molecule has 8 heteroatoms. The smallest absolute Gasteiger partial charge is 0.219 e. The van der Waals surface area contributed by atoms with Gasteiger partial charge in [-0.05, 0) is 36.8 Å². The maximum Gasteiger partial charge on any atom is 0.219 e. The Bertz CT molecular complexity index is 1250. The van der Waals surface area contributed by atoms with Gasteiger partial charge in [-0.3, -0.25) is 9.69 Å². The Morgan fingerprint density at radius 3 is 2.67 bits per heavy atom. The second-order valence-corrected chi connectivity index (χ2v) is 8.00. The van der Waals surface area contributed by atoms with E-state index in [0.717, 1.165) is 66.2 Å². The van der Waals surface area contributed by atoms with E-state index in [0.29, 0.717) is 11.5 Å². The van der Waals surface area contributed by atoms with Crippen molar-refractivity contribution < 1.29 is 4.79 Å². The van der Waals surface area contributed by atoms with Gasteiger partial charge in [0.25, 0.3) is 0 Å². The van der Waals surface area contributed by atoms with Crippen LogP contribution in [0, 0.1) is 6.92 Å². The van der Waals surface area contributed by atoms with Gasteiger partial charge in [-0.25, -0.2) is 9.97 Å². The molecule has 154 valence electrons. The Morgan fingerprint density at radius 2 is 1.90 bits per heavy atom. The first-order valence-corrected chi connectivity index (χ1v) is 10.2. The van der Waals surface area contributed by atoms with Crippen LogP contribution in [0.5, 0.6) is 0 Å². The number of carbonyl (C=O) groups is 1. The summed E-state index contributed by atoms with van der Waals surface area (Å²) in [5.41, 5.74) is 11.8. The van der Waals surface area contributed by atoms with Gasteiger partial charge < -0.3 is 20.6 Å². The fraction of sp³-hybridized carbons (Fsp3) is 0.318. The molecule has 1 aromatic carbocycles. The molecule has 8 nitrogen and oxygen atoms in total. The Morgan fingerprint density at radius 1 is 1.10 bits per heavy atom. The maximum absolute atomic E-state index is 11.5. The van der Waals surface area contributed by atoms with E-state index in [1.807, 2.05) is 17.9 Å². The van der Waals surface area contributed by atoms with Crippen molar-refractivity contribution in [2.45, 2.75) is 20.4 Å². The average Bonchev–Trinajstić information content (AvgIpc) is 3.29. The van der Waals surface area contributed by atoms with Crippen molar-refractivity contribution in [3.05, 3.63) is 41.7 Å².